The third-order valence-electron chi connectivity index (χ3n) is 3.39. The Morgan fingerprint density at radius 3 is 2.39 bits per heavy atom. The summed E-state index contributed by atoms with van der Waals surface area (Å²) in [5, 5.41) is 11.3. The van der Waals surface area contributed by atoms with E-state index in [1.54, 1.807) is 13.0 Å². The van der Waals surface area contributed by atoms with E-state index < -0.39 is 5.97 Å². The summed E-state index contributed by atoms with van der Waals surface area (Å²) in [7, 11) is 0. The minimum absolute atomic E-state index is 0.109. The van der Waals surface area contributed by atoms with Crippen LogP contribution < -0.4 is 4.74 Å². The van der Waals surface area contributed by atoms with Crippen molar-refractivity contribution in [2.45, 2.75) is 6.92 Å². The largest absolute Gasteiger partial charge is 0.508 e. The van der Waals surface area contributed by atoms with Gasteiger partial charge in [0, 0.05) is 5.56 Å². The number of aromatic hydroxyl groups is 1. The number of rotatable bonds is 2. The highest BCUT2D eigenvalue weighted by molar-refractivity contribution is 5.92. The molecule has 0 radical (unpaired) electrons. The number of esters is 1. The van der Waals surface area contributed by atoms with Crippen LogP contribution in [0.4, 0.5) is 0 Å². The molecule has 3 aromatic rings. The lowest BCUT2D eigenvalue weighted by molar-refractivity contribution is 0.0735. The molecule has 0 aliphatic carbocycles. The molecule has 1 N–H and O–H groups in total. The van der Waals surface area contributed by atoms with E-state index in [-0.39, 0.29) is 5.75 Å². The minimum atomic E-state index is -0.460. The number of benzene rings is 3. The minimum Gasteiger partial charge on any atom is -0.508 e. The van der Waals surface area contributed by atoms with Gasteiger partial charge in [0.15, 0.2) is 0 Å². The van der Waals surface area contributed by atoms with Crippen LogP contribution in [-0.2, 0) is 0 Å². The second kappa shape index (κ2) is 6.25. The topological polar surface area (TPSA) is 46.5 Å². The van der Waals surface area contributed by atoms with Crippen molar-refractivity contribution in [2.24, 2.45) is 0 Å². The number of hydrogen-bond acceptors (Lipinski definition) is 3. The zero-order valence-electron chi connectivity index (χ0n) is 12.5. The van der Waals surface area contributed by atoms with Crippen LogP contribution in [0.2, 0.25) is 0 Å². The van der Waals surface area contributed by atoms with Crippen LogP contribution in [0.5, 0.6) is 11.5 Å². The van der Waals surface area contributed by atoms with Crippen LogP contribution in [0.3, 0.4) is 0 Å². The van der Waals surface area contributed by atoms with Crippen LogP contribution in [0.15, 0.2) is 60.7 Å². The number of fused-ring (bicyclic) bond motifs is 1. The monoisotopic (exact) mass is 302 g/mol. The van der Waals surface area contributed by atoms with Crippen LogP contribution in [0, 0.1) is 11.8 Å². The first-order valence-corrected chi connectivity index (χ1v) is 7.13. The van der Waals surface area contributed by atoms with Crippen LogP contribution >= 0.6 is 0 Å². The molecule has 0 heterocycles. The Morgan fingerprint density at radius 1 is 0.957 bits per heavy atom. The second-order valence-corrected chi connectivity index (χ2v) is 5.04. The molecule has 112 valence electrons. The summed E-state index contributed by atoms with van der Waals surface area (Å²) in [6, 6.07) is 17.3. The number of hydrogen-bond donors (Lipinski definition) is 1. The summed E-state index contributed by atoms with van der Waals surface area (Å²) in [4.78, 5) is 12.1. The zero-order chi connectivity index (χ0) is 16.2. The lowest BCUT2D eigenvalue weighted by Crippen LogP contribution is -2.08. The van der Waals surface area contributed by atoms with Gasteiger partial charge in [0.05, 0.1) is 5.56 Å². The maximum Gasteiger partial charge on any atom is 0.343 e. The van der Waals surface area contributed by atoms with Crippen molar-refractivity contribution in [1.29, 1.82) is 0 Å². The van der Waals surface area contributed by atoms with Gasteiger partial charge in [0.1, 0.15) is 11.5 Å². The van der Waals surface area contributed by atoms with Gasteiger partial charge in [-0.15, -0.1) is 5.92 Å². The molecule has 0 spiro atoms. The Labute approximate surface area is 134 Å². The molecule has 0 saturated heterocycles. The van der Waals surface area contributed by atoms with E-state index >= 15 is 0 Å². The van der Waals surface area contributed by atoms with Crippen molar-refractivity contribution in [2.75, 3.05) is 0 Å². The van der Waals surface area contributed by atoms with Gasteiger partial charge in [0.2, 0.25) is 0 Å². The SMILES string of the molecule is CC#Cc1ccc2cc(OC(=O)c3ccc(O)cc3)ccc2c1. The summed E-state index contributed by atoms with van der Waals surface area (Å²) in [5.41, 5.74) is 1.34. The van der Waals surface area contributed by atoms with E-state index in [4.69, 9.17) is 4.74 Å². The third kappa shape index (κ3) is 3.33. The first-order chi connectivity index (χ1) is 11.2. The van der Waals surface area contributed by atoms with Crippen molar-refractivity contribution in [3.8, 4) is 23.3 Å². The molecular formula is C20H14O3. The summed E-state index contributed by atoms with van der Waals surface area (Å²) in [5.74, 6) is 6.01. The predicted molar refractivity (Wildman–Crippen MR) is 89.6 cm³/mol. The van der Waals surface area contributed by atoms with E-state index in [1.165, 1.54) is 24.3 Å². The summed E-state index contributed by atoms with van der Waals surface area (Å²) < 4.78 is 5.38. The molecule has 3 aromatic carbocycles. The Balaban J connectivity index is 1.85. The van der Waals surface area contributed by atoms with Crippen molar-refractivity contribution >= 4 is 16.7 Å². The fourth-order valence-electron chi connectivity index (χ4n) is 2.27. The van der Waals surface area contributed by atoms with Gasteiger partial charge in [-0.05, 0) is 66.2 Å². The number of phenolic OH excluding ortho intramolecular Hbond substituents is 1. The Bertz CT molecular complexity index is 928. The summed E-state index contributed by atoms with van der Waals surface area (Å²) in [6.45, 7) is 1.80. The number of carbonyl (C=O) groups is 1. The molecule has 3 heteroatoms. The van der Waals surface area contributed by atoms with E-state index in [9.17, 15) is 9.90 Å². The van der Waals surface area contributed by atoms with E-state index in [2.05, 4.69) is 11.8 Å². The van der Waals surface area contributed by atoms with Crippen molar-refractivity contribution in [3.63, 3.8) is 0 Å². The molecule has 0 bridgehead atoms. The van der Waals surface area contributed by atoms with E-state index in [0.29, 0.717) is 11.3 Å². The average molecular weight is 302 g/mol. The molecule has 3 nitrogen and oxygen atoms in total. The highest BCUT2D eigenvalue weighted by atomic mass is 16.5. The summed E-state index contributed by atoms with van der Waals surface area (Å²) >= 11 is 0. The Kier molecular flexibility index (Phi) is 3.99. The fraction of sp³-hybridized carbons (Fsp3) is 0.0500. The standard InChI is InChI=1S/C20H14O3/c1-2-3-14-4-5-17-13-19(11-8-16(17)12-14)23-20(22)15-6-9-18(21)10-7-15/h4-13,21H,1H3. The average Bonchev–Trinajstić information content (AvgIpc) is 2.56. The molecule has 3 rings (SSSR count). The molecule has 0 saturated carbocycles. The van der Waals surface area contributed by atoms with Gasteiger partial charge in [-0.25, -0.2) is 4.79 Å². The van der Waals surface area contributed by atoms with E-state index in [0.717, 1.165) is 16.3 Å². The first-order valence-electron chi connectivity index (χ1n) is 7.13. The molecule has 0 atom stereocenters. The molecule has 0 aliphatic rings. The van der Waals surface area contributed by atoms with Gasteiger partial charge in [-0.3, -0.25) is 0 Å². The Hall–Kier alpha value is -3.25. The molecular weight excluding hydrogens is 288 g/mol. The van der Waals surface area contributed by atoms with Gasteiger partial charge in [0.25, 0.3) is 0 Å². The van der Waals surface area contributed by atoms with Gasteiger partial charge in [-0.1, -0.05) is 18.1 Å². The molecule has 0 aromatic heterocycles. The van der Waals surface area contributed by atoms with Crippen LogP contribution in [0.25, 0.3) is 10.8 Å². The fourth-order valence-corrected chi connectivity index (χ4v) is 2.27. The molecule has 23 heavy (non-hydrogen) atoms. The van der Waals surface area contributed by atoms with Crippen molar-refractivity contribution in [1.82, 2.24) is 0 Å². The normalized spacial score (nSPS) is 9.96. The second-order valence-electron chi connectivity index (χ2n) is 5.04. The highest BCUT2D eigenvalue weighted by Gasteiger charge is 2.09. The van der Waals surface area contributed by atoms with E-state index in [1.807, 2.05) is 30.3 Å². The zero-order valence-corrected chi connectivity index (χ0v) is 12.5. The molecule has 0 unspecified atom stereocenters. The highest BCUT2D eigenvalue weighted by Crippen LogP contribution is 2.23. The number of carbonyl (C=O) groups excluding carboxylic acids is 1. The van der Waals surface area contributed by atoms with Gasteiger partial charge < -0.3 is 9.84 Å². The lowest BCUT2D eigenvalue weighted by atomic mass is 10.1. The third-order valence-corrected chi connectivity index (χ3v) is 3.39. The maximum atomic E-state index is 12.1. The first kappa shape index (κ1) is 14.7. The summed E-state index contributed by atoms with van der Waals surface area (Å²) in [6.07, 6.45) is 0. The quantitative estimate of drug-likeness (QED) is 0.440. The lowest BCUT2D eigenvalue weighted by Gasteiger charge is -2.06. The number of ether oxygens (including phenoxy) is 1. The number of phenols is 1. The van der Waals surface area contributed by atoms with Crippen molar-refractivity contribution < 1.29 is 14.6 Å². The van der Waals surface area contributed by atoms with Gasteiger partial charge >= 0.3 is 5.97 Å². The van der Waals surface area contributed by atoms with Crippen LogP contribution in [0.1, 0.15) is 22.8 Å². The van der Waals surface area contributed by atoms with Crippen molar-refractivity contribution in [3.05, 3.63) is 71.8 Å². The molecule has 0 aliphatic heterocycles. The van der Waals surface area contributed by atoms with Crippen LogP contribution in [-0.4, -0.2) is 11.1 Å². The molecule has 0 fully saturated rings. The Morgan fingerprint density at radius 2 is 1.65 bits per heavy atom. The smallest absolute Gasteiger partial charge is 0.343 e. The van der Waals surface area contributed by atoms with Gasteiger partial charge in [-0.2, -0.15) is 0 Å². The predicted octanol–water partition coefficient (Wildman–Crippen LogP) is 4.14. The molecule has 0 amide bonds. The maximum absolute atomic E-state index is 12.1.